The second-order valence-corrected chi connectivity index (χ2v) is 4.90. The molecule has 0 aliphatic carbocycles. The molecule has 0 bridgehead atoms. The Bertz CT molecular complexity index is 533. The summed E-state index contributed by atoms with van der Waals surface area (Å²) in [6, 6.07) is 5.24. The fourth-order valence-electron chi connectivity index (χ4n) is 2.07. The van der Waals surface area contributed by atoms with Gasteiger partial charge in [-0.3, -0.25) is 4.79 Å². The molecule has 0 saturated heterocycles. The van der Waals surface area contributed by atoms with Gasteiger partial charge in [-0.1, -0.05) is 12.1 Å². The lowest BCUT2D eigenvalue weighted by Gasteiger charge is -2.13. The summed E-state index contributed by atoms with van der Waals surface area (Å²) in [5, 5.41) is 13.9. The first-order valence-electron chi connectivity index (χ1n) is 7.28. The summed E-state index contributed by atoms with van der Waals surface area (Å²) in [6.45, 7) is 1.85. The van der Waals surface area contributed by atoms with Crippen molar-refractivity contribution in [3.8, 4) is 11.5 Å². The smallest absolute Gasteiger partial charge is 0.315 e. The Morgan fingerprint density at radius 1 is 1.18 bits per heavy atom. The van der Waals surface area contributed by atoms with E-state index >= 15 is 0 Å². The maximum atomic E-state index is 11.7. The average molecular weight is 308 g/mol. The van der Waals surface area contributed by atoms with Crippen LogP contribution < -0.4 is 20.1 Å². The highest BCUT2D eigenvalue weighted by atomic mass is 16.5. The molecule has 1 aliphatic heterocycles. The highest BCUT2D eigenvalue weighted by Gasteiger charge is 2.14. The summed E-state index contributed by atoms with van der Waals surface area (Å²) in [4.78, 5) is 22.0. The molecule has 1 heterocycles. The zero-order valence-corrected chi connectivity index (χ0v) is 12.3. The second kappa shape index (κ2) is 8.11. The predicted molar refractivity (Wildman–Crippen MR) is 79.2 cm³/mol. The van der Waals surface area contributed by atoms with E-state index in [2.05, 4.69) is 10.6 Å². The van der Waals surface area contributed by atoms with Gasteiger partial charge < -0.3 is 25.2 Å². The number of urea groups is 1. The number of rotatable bonds is 6. The highest BCUT2D eigenvalue weighted by molar-refractivity contribution is 5.74. The molecular weight excluding hydrogens is 288 g/mol. The summed E-state index contributed by atoms with van der Waals surface area (Å²) < 4.78 is 11.3. The van der Waals surface area contributed by atoms with Crippen LogP contribution in [0.1, 0.15) is 24.8 Å². The Kier molecular flexibility index (Phi) is 5.88. The Labute approximate surface area is 128 Å². The third-order valence-corrected chi connectivity index (χ3v) is 3.15. The van der Waals surface area contributed by atoms with E-state index in [1.165, 1.54) is 0 Å². The van der Waals surface area contributed by atoms with Crippen LogP contribution in [-0.4, -0.2) is 36.9 Å². The van der Waals surface area contributed by atoms with Crippen molar-refractivity contribution < 1.29 is 24.2 Å². The zero-order chi connectivity index (χ0) is 15.8. The van der Waals surface area contributed by atoms with Gasteiger partial charge in [0.25, 0.3) is 0 Å². The fourth-order valence-corrected chi connectivity index (χ4v) is 2.07. The number of nitrogens with one attached hydrogen (secondary N) is 2. The molecule has 1 aromatic rings. The first-order chi connectivity index (χ1) is 10.7. The van der Waals surface area contributed by atoms with Crippen LogP contribution in [0, 0.1) is 0 Å². The van der Waals surface area contributed by atoms with E-state index in [1.54, 1.807) is 0 Å². The van der Waals surface area contributed by atoms with Gasteiger partial charge in [-0.05, 0) is 12.5 Å². The minimum atomic E-state index is -0.869. The van der Waals surface area contributed by atoms with Crippen molar-refractivity contribution in [1.82, 2.24) is 10.6 Å². The van der Waals surface area contributed by atoms with Crippen LogP contribution in [0.15, 0.2) is 18.2 Å². The number of ether oxygens (including phenoxy) is 2. The van der Waals surface area contributed by atoms with Gasteiger partial charge in [0.2, 0.25) is 0 Å². The van der Waals surface area contributed by atoms with Crippen molar-refractivity contribution in [2.75, 3.05) is 19.8 Å². The normalized spacial score (nSPS) is 13.1. The average Bonchev–Trinajstić information content (AvgIpc) is 2.75. The molecule has 3 N–H and O–H groups in total. The van der Waals surface area contributed by atoms with Gasteiger partial charge in [-0.25, -0.2) is 4.79 Å². The number of carbonyl (C=O) groups is 2. The molecule has 1 aromatic carbocycles. The quantitative estimate of drug-likeness (QED) is 0.692. The van der Waals surface area contributed by atoms with Crippen LogP contribution in [-0.2, 0) is 11.3 Å². The van der Waals surface area contributed by atoms with Crippen LogP contribution in [0.3, 0.4) is 0 Å². The monoisotopic (exact) mass is 308 g/mol. The zero-order valence-electron chi connectivity index (χ0n) is 12.3. The number of hydrogen-bond acceptors (Lipinski definition) is 4. The van der Waals surface area contributed by atoms with E-state index in [1.807, 2.05) is 18.2 Å². The van der Waals surface area contributed by atoms with Crippen molar-refractivity contribution in [2.45, 2.75) is 25.8 Å². The number of carboxylic acids is 1. The van der Waals surface area contributed by atoms with E-state index in [-0.39, 0.29) is 12.5 Å². The summed E-state index contributed by atoms with van der Waals surface area (Å²) >= 11 is 0. The lowest BCUT2D eigenvalue weighted by Crippen LogP contribution is -2.35. The van der Waals surface area contributed by atoms with Gasteiger partial charge in [0, 0.05) is 31.5 Å². The summed E-state index contributed by atoms with van der Waals surface area (Å²) in [5.41, 5.74) is 0.847. The van der Waals surface area contributed by atoms with Crippen molar-refractivity contribution in [1.29, 1.82) is 0 Å². The molecule has 0 radical (unpaired) electrons. The first-order valence-corrected chi connectivity index (χ1v) is 7.28. The third kappa shape index (κ3) is 4.83. The van der Waals surface area contributed by atoms with E-state index in [0.29, 0.717) is 44.2 Å². The molecule has 0 spiro atoms. The molecule has 0 fully saturated rings. The second-order valence-electron chi connectivity index (χ2n) is 4.90. The SMILES string of the molecule is O=C(O)CCCNC(=O)NCc1cccc2c1OCCCO2. The van der Waals surface area contributed by atoms with Crippen LogP contribution in [0.2, 0.25) is 0 Å². The first kappa shape index (κ1) is 15.9. The molecule has 0 aromatic heterocycles. The topological polar surface area (TPSA) is 96.9 Å². The van der Waals surface area contributed by atoms with Crippen molar-refractivity contribution in [3.63, 3.8) is 0 Å². The van der Waals surface area contributed by atoms with Crippen LogP contribution in [0.25, 0.3) is 0 Å². The molecule has 7 heteroatoms. The van der Waals surface area contributed by atoms with E-state index in [0.717, 1.165) is 12.0 Å². The Morgan fingerprint density at radius 2 is 2.00 bits per heavy atom. The van der Waals surface area contributed by atoms with Crippen LogP contribution >= 0.6 is 0 Å². The number of carbonyl (C=O) groups excluding carboxylic acids is 1. The predicted octanol–water partition coefficient (Wildman–Crippen LogP) is 1.51. The van der Waals surface area contributed by atoms with Crippen molar-refractivity contribution in [2.24, 2.45) is 0 Å². The van der Waals surface area contributed by atoms with E-state index < -0.39 is 5.97 Å². The highest BCUT2D eigenvalue weighted by Crippen LogP contribution is 2.32. The number of benzene rings is 1. The minimum Gasteiger partial charge on any atom is -0.490 e. The molecule has 0 saturated carbocycles. The molecule has 22 heavy (non-hydrogen) atoms. The molecule has 0 unspecified atom stereocenters. The Hall–Kier alpha value is -2.44. The van der Waals surface area contributed by atoms with Crippen molar-refractivity contribution >= 4 is 12.0 Å². The van der Waals surface area contributed by atoms with E-state index in [9.17, 15) is 9.59 Å². The largest absolute Gasteiger partial charge is 0.490 e. The number of carboxylic acid groups (broad SMARTS) is 1. The number of amides is 2. The van der Waals surface area contributed by atoms with Gasteiger partial charge in [-0.2, -0.15) is 0 Å². The molecule has 1 aliphatic rings. The van der Waals surface area contributed by atoms with Gasteiger partial charge in [-0.15, -0.1) is 0 Å². The maximum Gasteiger partial charge on any atom is 0.315 e. The fraction of sp³-hybridized carbons (Fsp3) is 0.467. The standard InChI is InChI=1S/C15H20N2O5/c18-13(19)6-2-7-16-15(20)17-10-11-4-1-5-12-14(11)22-9-3-8-21-12/h1,4-5H,2-3,6-10H2,(H,18,19)(H2,16,17,20). The van der Waals surface area contributed by atoms with E-state index in [4.69, 9.17) is 14.6 Å². The van der Waals surface area contributed by atoms with Crippen molar-refractivity contribution in [3.05, 3.63) is 23.8 Å². The van der Waals surface area contributed by atoms with Crippen LogP contribution in [0.4, 0.5) is 4.79 Å². The summed E-state index contributed by atoms with van der Waals surface area (Å²) in [6.07, 6.45) is 1.27. The maximum absolute atomic E-state index is 11.7. The number of aliphatic carboxylic acids is 1. The Balaban J connectivity index is 1.81. The molecule has 2 amide bonds. The number of fused-ring (bicyclic) bond motifs is 1. The summed E-state index contributed by atoms with van der Waals surface area (Å²) in [7, 11) is 0. The van der Waals surface area contributed by atoms with Gasteiger partial charge in [0.1, 0.15) is 0 Å². The molecular formula is C15H20N2O5. The summed E-state index contributed by atoms with van der Waals surface area (Å²) in [5.74, 6) is 0.496. The van der Waals surface area contributed by atoms with Gasteiger partial charge in [0.05, 0.1) is 13.2 Å². The van der Waals surface area contributed by atoms with Crippen LogP contribution in [0.5, 0.6) is 11.5 Å². The van der Waals surface area contributed by atoms with Gasteiger partial charge in [0.15, 0.2) is 11.5 Å². The third-order valence-electron chi connectivity index (χ3n) is 3.15. The lowest BCUT2D eigenvalue weighted by molar-refractivity contribution is -0.137. The molecule has 120 valence electrons. The van der Waals surface area contributed by atoms with Gasteiger partial charge >= 0.3 is 12.0 Å². The molecule has 2 rings (SSSR count). The number of para-hydroxylation sites is 1. The Morgan fingerprint density at radius 3 is 2.82 bits per heavy atom. The lowest BCUT2D eigenvalue weighted by atomic mass is 10.2. The number of hydrogen-bond donors (Lipinski definition) is 3. The molecule has 0 atom stereocenters. The minimum absolute atomic E-state index is 0.0393. The molecule has 7 nitrogen and oxygen atoms in total.